The molecule has 0 unspecified atom stereocenters. The first-order valence-electron chi connectivity index (χ1n) is 5.41. The molecule has 3 nitrogen and oxygen atoms in total. The molecule has 5 heteroatoms. The number of aromatic nitrogens is 2. The van der Waals surface area contributed by atoms with E-state index in [1.165, 1.54) is 12.8 Å². The Bertz CT molecular complexity index is 485. The van der Waals surface area contributed by atoms with Gasteiger partial charge in [0, 0.05) is 29.0 Å². The molecule has 2 aromatic heterocycles. The van der Waals surface area contributed by atoms with Crippen molar-refractivity contribution in [2.24, 2.45) is 0 Å². The van der Waals surface area contributed by atoms with Crippen molar-refractivity contribution < 1.29 is 0 Å². The molecule has 0 bridgehead atoms. The Balaban J connectivity index is 1.71. The average molecular weight is 251 g/mol. The number of nitrogens with zero attached hydrogens (tertiary/aromatic N) is 2. The van der Waals surface area contributed by atoms with Gasteiger partial charge in [-0.15, -0.1) is 22.7 Å². The molecule has 1 N–H and O–H groups in total. The van der Waals surface area contributed by atoms with Crippen LogP contribution in [0.4, 0.5) is 0 Å². The van der Waals surface area contributed by atoms with Gasteiger partial charge >= 0.3 is 0 Å². The average Bonchev–Trinajstić information content (AvgIpc) is 2.81. The third kappa shape index (κ3) is 2.31. The lowest BCUT2D eigenvalue weighted by molar-refractivity contribution is 0.678. The van der Waals surface area contributed by atoms with Crippen molar-refractivity contribution in [3.8, 4) is 10.0 Å². The highest BCUT2D eigenvalue weighted by atomic mass is 32.1. The molecule has 84 valence electrons. The summed E-state index contributed by atoms with van der Waals surface area (Å²) >= 11 is 3.35. The van der Waals surface area contributed by atoms with Crippen molar-refractivity contribution in [3.63, 3.8) is 0 Å². The first kappa shape index (κ1) is 10.4. The molecule has 1 aliphatic rings. The molecule has 16 heavy (non-hydrogen) atoms. The third-order valence-electron chi connectivity index (χ3n) is 2.50. The smallest absolute Gasteiger partial charge is 0.152 e. The van der Waals surface area contributed by atoms with Crippen LogP contribution in [0.15, 0.2) is 10.8 Å². The minimum atomic E-state index is 0.743. The number of nitrogens with one attached hydrogen (secondary N) is 1. The fourth-order valence-electron chi connectivity index (χ4n) is 1.47. The quantitative estimate of drug-likeness (QED) is 0.908. The van der Waals surface area contributed by atoms with E-state index in [0.717, 1.165) is 34.0 Å². The van der Waals surface area contributed by atoms with Crippen molar-refractivity contribution in [2.45, 2.75) is 32.4 Å². The fourth-order valence-corrected chi connectivity index (χ4v) is 3.14. The summed E-state index contributed by atoms with van der Waals surface area (Å²) < 4.78 is 0. The highest BCUT2D eigenvalue weighted by Crippen LogP contribution is 2.27. The van der Waals surface area contributed by atoms with Gasteiger partial charge in [0.1, 0.15) is 0 Å². The van der Waals surface area contributed by atoms with Crippen molar-refractivity contribution >= 4 is 22.7 Å². The van der Waals surface area contributed by atoms with Crippen molar-refractivity contribution in [2.75, 3.05) is 0 Å². The van der Waals surface area contributed by atoms with Crippen molar-refractivity contribution in [1.82, 2.24) is 15.3 Å². The van der Waals surface area contributed by atoms with Crippen LogP contribution in [0.25, 0.3) is 10.0 Å². The van der Waals surface area contributed by atoms with Gasteiger partial charge in [0.05, 0.1) is 5.69 Å². The van der Waals surface area contributed by atoms with Crippen LogP contribution in [-0.2, 0) is 6.54 Å². The number of hydrogen-bond donors (Lipinski definition) is 1. The Morgan fingerprint density at radius 1 is 1.25 bits per heavy atom. The van der Waals surface area contributed by atoms with E-state index in [4.69, 9.17) is 0 Å². The highest BCUT2D eigenvalue weighted by molar-refractivity contribution is 7.19. The van der Waals surface area contributed by atoms with Crippen LogP contribution in [0.1, 0.15) is 24.2 Å². The van der Waals surface area contributed by atoms with Gasteiger partial charge in [-0.25, -0.2) is 9.97 Å². The molecule has 0 spiro atoms. The Kier molecular flexibility index (Phi) is 2.75. The normalized spacial score (nSPS) is 15.6. The van der Waals surface area contributed by atoms with Gasteiger partial charge in [-0.05, 0) is 19.8 Å². The maximum absolute atomic E-state index is 4.60. The van der Waals surface area contributed by atoms with Gasteiger partial charge in [0.15, 0.2) is 10.0 Å². The lowest BCUT2D eigenvalue weighted by Crippen LogP contribution is -2.15. The minimum Gasteiger partial charge on any atom is -0.308 e. The van der Waals surface area contributed by atoms with Gasteiger partial charge in [-0.3, -0.25) is 0 Å². The van der Waals surface area contributed by atoms with Crippen LogP contribution in [0, 0.1) is 6.92 Å². The molecule has 0 aliphatic heterocycles. The summed E-state index contributed by atoms with van der Waals surface area (Å²) in [6, 6.07) is 0.743. The van der Waals surface area contributed by atoms with E-state index in [1.807, 2.05) is 6.92 Å². The third-order valence-corrected chi connectivity index (χ3v) is 4.50. The van der Waals surface area contributed by atoms with Crippen LogP contribution in [0.3, 0.4) is 0 Å². The molecular weight excluding hydrogens is 238 g/mol. The second kappa shape index (κ2) is 4.24. The second-order valence-corrected chi connectivity index (χ2v) is 5.81. The number of aryl methyl sites for hydroxylation is 1. The Labute approximate surface area is 103 Å². The molecule has 1 saturated carbocycles. The maximum atomic E-state index is 4.60. The zero-order valence-electron chi connectivity index (χ0n) is 9.06. The molecule has 1 fully saturated rings. The lowest BCUT2D eigenvalue weighted by Gasteiger charge is -1.96. The summed E-state index contributed by atoms with van der Waals surface area (Å²) in [5.41, 5.74) is 2.22. The summed E-state index contributed by atoms with van der Waals surface area (Å²) in [7, 11) is 0. The molecule has 2 heterocycles. The zero-order valence-corrected chi connectivity index (χ0v) is 10.7. The van der Waals surface area contributed by atoms with E-state index in [9.17, 15) is 0 Å². The highest BCUT2D eigenvalue weighted by Gasteiger charge is 2.20. The van der Waals surface area contributed by atoms with Crippen LogP contribution < -0.4 is 5.32 Å². The molecule has 0 amide bonds. The Morgan fingerprint density at radius 2 is 2.00 bits per heavy atom. The fraction of sp³-hybridized carbons (Fsp3) is 0.455. The van der Waals surface area contributed by atoms with E-state index < -0.39 is 0 Å². The lowest BCUT2D eigenvalue weighted by atomic mass is 10.4. The van der Waals surface area contributed by atoms with Gasteiger partial charge in [0.25, 0.3) is 0 Å². The van der Waals surface area contributed by atoms with Gasteiger partial charge in [-0.1, -0.05) is 0 Å². The summed E-state index contributed by atoms with van der Waals surface area (Å²) in [5, 5.41) is 9.75. The molecule has 1 aliphatic carbocycles. The SMILES string of the molecule is Cc1csc(-c2nc(CNC3CC3)cs2)n1. The predicted octanol–water partition coefficient (Wildman–Crippen LogP) is 2.83. The monoisotopic (exact) mass is 251 g/mol. The molecule has 0 atom stereocenters. The molecular formula is C11H13N3S2. The van der Waals surface area contributed by atoms with E-state index in [1.54, 1.807) is 22.7 Å². The van der Waals surface area contributed by atoms with Crippen LogP contribution >= 0.6 is 22.7 Å². The summed E-state index contributed by atoms with van der Waals surface area (Å²) in [6.07, 6.45) is 2.64. The van der Waals surface area contributed by atoms with Crippen molar-refractivity contribution in [1.29, 1.82) is 0 Å². The number of thiazole rings is 2. The second-order valence-electron chi connectivity index (χ2n) is 4.09. The molecule has 0 radical (unpaired) electrons. The minimum absolute atomic E-state index is 0.743. The topological polar surface area (TPSA) is 37.8 Å². The standard InChI is InChI=1S/C11H13N3S2/c1-7-5-15-10(13-7)11-14-9(6-16-11)4-12-8-2-3-8/h5-6,8,12H,2-4H2,1H3. The van der Waals surface area contributed by atoms with E-state index >= 15 is 0 Å². The van der Waals surface area contributed by atoms with E-state index in [-0.39, 0.29) is 0 Å². The number of rotatable bonds is 4. The maximum Gasteiger partial charge on any atom is 0.152 e. The largest absolute Gasteiger partial charge is 0.308 e. The van der Waals surface area contributed by atoms with Crippen molar-refractivity contribution in [3.05, 3.63) is 22.1 Å². The summed E-state index contributed by atoms with van der Waals surface area (Å²) in [5.74, 6) is 0. The summed E-state index contributed by atoms with van der Waals surface area (Å²) in [4.78, 5) is 9.05. The first-order valence-corrected chi connectivity index (χ1v) is 7.17. The Hall–Kier alpha value is -0.780. The van der Waals surface area contributed by atoms with E-state index in [0.29, 0.717) is 0 Å². The molecule has 3 rings (SSSR count). The molecule has 0 saturated heterocycles. The van der Waals surface area contributed by atoms with Gasteiger partial charge in [-0.2, -0.15) is 0 Å². The zero-order chi connectivity index (χ0) is 11.0. The summed E-state index contributed by atoms with van der Waals surface area (Å²) in [6.45, 7) is 2.91. The van der Waals surface area contributed by atoms with Crippen LogP contribution in [0.5, 0.6) is 0 Å². The number of hydrogen-bond acceptors (Lipinski definition) is 5. The van der Waals surface area contributed by atoms with Crippen LogP contribution in [0.2, 0.25) is 0 Å². The van der Waals surface area contributed by atoms with Gasteiger partial charge in [0.2, 0.25) is 0 Å². The predicted molar refractivity (Wildman–Crippen MR) is 67.8 cm³/mol. The molecule has 2 aromatic rings. The first-order chi connectivity index (χ1) is 7.81. The van der Waals surface area contributed by atoms with Crippen LogP contribution in [-0.4, -0.2) is 16.0 Å². The van der Waals surface area contributed by atoms with E-state index in [2.05, 4.69) is 26.0 Å². The van der Waals surface area contributed by atoms with Gasteiger partial charge < -0.3 is 5.32 Å². The molecule has 0 aromatic carbocycles. The Morgan fingerprint density at radius 3 is 2.69 bits per heavy atom.